The Hall–Kier alpha value is -2.63. The number of fused-ring (bicyclic) bond motifs is 1. The van der Waals surface area contributed by atoms with Crippen LogP contribution >= 0.6 is 0 Å². The molecule has 1 aliphatic rings. The van der Waals surface area contributed by atoms with Gasteiger partial charge in [0.15, 0.2) is 23.1 Å². The van der Waals surface area contributed by atoms with Gasteiger partial charge < -0.3 is 25.3 Å². The maximum Gasteiger partial charge on any atom is 0.167 e. The van der Waals surface area contributed by atoms with Crippen molar-refractivity contribution in [1.29, 1.82) is 0 Å². The van der Waals surface area contributed by atoms with E-state index in [0.717, 1.165) is 0 Å². The van der Waals surface area contributed by atoms with E-state index in [-0.39, 0.29) is 5.75 Å². The van der Waals surface area contributed by atoms with Crippen LogP contribution in [0.1, 0.15) is 0 Å². The summed E-state index contributed by atoms with van der Waals surface area (Å²) in [7, 11) is 1.42. The number of nitrogen functional groups attached to an aromatic ring is 1. The molecule has 21 heavy (non-hydrogen) atoms. The van der Waals surface area contributed by atoms with Crippen LogP contribution in [-0.4, -0.2) is 20.3 Å². The second-order valence-electron chi connectivity index (χ2n) is 4.56. The van der Waals surface area contributed by atoms with Crippen molar-refractivity contribution in [2.75, 3.05) is 31.4 Å². The van der Waals surface area contributed by atoms with E-state index in [4.69, 9.17) is 19.9 Å². The minimum Gasteiger partial charge on any atom is -0.494 e. The van der Waals surface area contributed by atoms with Gasteiger partial charge in [0, 0.05) is 23.9 Å². The first kappa shape index (κ1) is 13.4. The van der Waals surface area contributed by atoms with Gasteiger partial charge in [-0.3, -0.25) is 0 Å². The first-order valence-electron chi connectivity index (χ1n) is 6.47. The van der Waals surface area contributed by atoms with Crippen molar-refractivity contribution in [3.05, 3.63) is 36.1 Å². The zero-order valence-corrected chi connectivity index (χ0v) is 11.5. The number of nitrogens with one attached hydrogen (secondary N) is 1. The third-order valence-corrected chi connectivity index (χ3v) is 3.15. The Morgan fingerprint density at radius 3 is 2.52 bits per heavy atom. The number of hydrogen-bond donors (Lipinski definition) is 2. The topological polar surface area (TPSA) is 65.7 Å². The zero-order chi connectivity index (χ0) is 14.8. The summed E-state index contributed by atoms with van der Waals surface area (Å²) in [5.41, 5.74) is 7.66. The number of nitrogens with two attached hydrogens (primary N) is 1. The molecule has 0 spiro atoms. The molecule has 1 aliphatic heterocycles. The van der Waals surface area contributed by atoms with Gasteiger partial charge in [0.05, 0.1) is 18.5 Å². The van der Waals surface area contributed by atoms with Crippen LogP contribution in [0.3, 0.4) is 0 Å². The third kappa shape index (κ3) is 2.65. The lowest BCUT2D eigenvalue weighted by Crippen LogP contribution is -2.15. The Labute approximate surface area is 121 Å². The molecule has 5 nitrogen and oxygen atoms in total. The Morgan fingerprint density at radius 1 is 1.14 bits per heavy atom. The summed E-state index contributed by atoms with van der Waals surface area (Å²) in [5, 5.41) is 3.06. The van der Waals surface area contributed by atoms with E-state index in [1.54, 1.807) is 24.3 Å². The van der Waals surface area contributed by atoms with Gasteiger partial charge in [-0.2, -0.15) is 0 Å². The predicted molar refractivity (Wildman–Crippen MR) is 78.1 cm³/mol. The van der Waals surface area contributed by atoms with Gasteiger partial charge in [0.25, 0.3) is 0 Å². The van der Waals surface area contributed by atoms with E-state index < -0.39 is 5.82 Å². The molecule has 110 valence electrons. The van der Waals surface area contributed by atoms with Crippen LogP contribution in [-0.2, 0) is 0 Å². The van der Waals surface area contributed by atoms with E-state index in [1.807, 2.05) is 0 Å². The molecule has 0 fully saturated rings. The molecule has 3 rings (SSSR count). The van der Waals surface area contributed by atoms with Crippen molar-refractivity contribution in [1.82, 2.24) is 0 Å². The Kier molecular flexibility index (Phi) is 3.43. The van der Waals surface area contributed by atoms with E-state index in [2.05, 4.69) is 5.32 Å². The van der Waals surface area contributed by atoms with E-state index >= 15 is 0 Å². The zero-order valence-electron chi connectivity index (χ0n) is 11.5. The summed E-state index contributed by atoms with van der Waals surface area (Å²) < 4.78 is 29.5. The lowest BCUT2D eigenvalue weighted by molar-refractivity contribution is 0.172. The minimum absolute atomic E-state index is 0.190. The van der Waals surface area contributed by atoms with Crippen molar-refractivity contribution in [2.45, 2.75) is 0 Å². The lowest BCUT2D eigenvalue weighted by atomic mass is 10.2. The molecule has 0 amide bonds. The van der Waals surface area contributed by atoms with Crippen molar-refractivity contribution in [2.24, 2.45) is 0 Å². The molecule has 0 aliphatic carbocycles. The lowest BCUT2D eigenvalue weighted by Gasteiger charge is -2.20. The summed E-state index contributed by atoms with van der Waals surface area (Å²) in [6.45, 7) is 0.996. The summed E-state index contributed by atoms with van der Waals surface area (Å²) in [6, 6.07) is 8.03. The van der Waals surface area contributed by atoms with Crippen LogP contribution in [0.2, 0.25) is 0 Å². The second kappa shape index (κ2) is 5.40. The van der Waals surface area contributed by atoms with Crippen molar-refractivity contribution >= 4 is 17.1 Å². The molecule has 0 bridgehead atoms. The highest BCUT2D eigenvalue weighted by Gasteiger charge is 2.15. The number of rotatable bonds is 3. The number of methoxy groups -OCH3 is 1. The Morgan fingerprint density at radius 2 is 1.86 bits per heavy atom. The molecular weight excluding hydrogens is 275 g/mol. The highest BCUT2D eigenvalue weighted by atomic mass is 19.1. The number of benzene rings is 2. The maximum atomic E-state index is 13.7. The highest BCUT2D eigenvalue weighted by Crippen LogP contribution is 2.38. The smallest absolute Gasteiger partial charge is 0.167 e. The van der Waals surface area contributed by atoms with Crippen LogP contribution in [0.25, 0.3) is 0 Å². The largest absolute Gasteiger partial charge is 0.494 e. The standard InChI is InChI=1S/C15H15FN2O3/c1-19-13-3-2-9(6-10(13)16)18-12-8-15-14(7-11(12)17)20-4-5-21-15/h2-3,6-8,18H,4-5,17H2,1H3. The SMILES string of the molecule is COc1ccc(Nc2cc3c(cc2N)OCCO3)cc1F. The van der Waals surface area contributed by atoms with Crippen LogP contribution in [0.5, 0.6) is 17.2 Å². The molecule has 0 saturated carbocycles. The van der Waals surface area contributed by atoms with Gasteiger partial charge in [-0.15, -0.1) is 0 Å². The summed E-state index contributed by atoms with van der Waals surface area (Å²) in [4.78, 5) is 0. The number of anilines is 3. The first-order chi connectivity index (χ1) is 10.2. The maximum absolute atomic E-state index is 13.7. The molecular formula is C15H15FN2O3. The molecule has 0 radical (unpaired) electrons. The fourth-order valence-electron chi connectivity index (χ4n) is 2.11. The molecule has 0 atom stereocenters. The normalized spacial score (nSPS) is 12.9. The first-order valence-corrected chi connectivity index (χ1v) is 6.47. The van der Waals surface area contributed by atoms with E-state index in [9.17, 15) is 4.39 Å². The van der Waals surface area contributed by atoms with Crippen LogP contribution in [0.15, 0.2) is 30.3 Å². The number of ether oxygens (including phenoxy) is 3. The number of hydrogen-bond acceptors (Lipinski definition) is 5. The number of halogens is 1. The fraction of sp³-hybridized carbons (Fsp3) is 0.200. The summed E-state index contributed by atoms with van der Waals surface area (Å²) in [5.74, 6) is 0.978. The van der Waals surface area contributed by atoms with Crippen LogP contribution in [0, 0.1) is 5.82 Å². The summed E-state index contributed by atoms with van der Waals surface area (Å²) in [6.07, 6.45) is 0. The molecule has 0 aromatic heterocycles. The average molecular weight is 290 g/mol. The van der Waals surface area contributed by atoms with Crippen molar-refractivity contribution < 1.29 is 18.6 Å². The molecule has 1 heterocycles. The van der Waals surface area contributed by atoms with Gasteiger partial charge in [0.1, 0.15) is 13.2 Å². The predicted octanol–water partition coefficient (Wildman–Crippen LogP) is 2.93. The minimum atomic E-state index is -0.446. The molecule has 3 N–H and O–H groups in total. The summed E-state index contributed by atoms with van der Waals surface area (Å²) >= 11 is 0. The molecule has 0 saturated heterocycles. The monoisotopic (exact) mass is 290 g/mol. The van der Waals surface area contributed by atoms with E-state index in [1.165, 1.54) is 13.2 Å². The Balaban J connectivity index is 1.89. The molecule has 0 unspecified atom stereocenters. The highest BCUT2D eigenvalue weighted by molar-refractivity contribution is 5.76. The van der Waals surface area contributed by atoms with Gasteiger partial charge in [-0.05, 0) is 12.1 Å². The van der Waals surface area contributed by atoms with Crippen LogP contribution in [0.4, 0.5) is 21.5 Å². The fourth-order valence-corrected chi connectivity index (χ4v) is 2.11. The molecule has 2 aromatic carbocycles. The van der Waals surface area contributed by atoms with Gasteiger partial charge in [0.2, 0.25) is 0 Å². The molecule has 6 heteroatoms. The van der Waals surface area contributed by atoms with Gasteiger partial charge >= 0.3 is 0 Å². The van der Waals surface area contributed by atoms with Gasteiger partial charge in [-0.25, -0.2) is 4.39 Å². The average Bonchev–Trinajstić information content (AvgIpc) is 2.48. The second-order valence-corrected chi connectivity index (χ2v) is 4.56. The quantitative estimate of drug-likeness (QED) is 0.851. The van der Waals surface area contributed by atoms with Crippen molar-refractivity contribution in [3.63, 3.8) is 0 Å². The Bertz CT molecular complexity index is 676. The van der Waals surface area contributed by atoms with E-state index in [0.29, 0.717) is 41.8 Å². The van der Waals surface area contributed by atoms with Gasteiger partial charge in [-0.1, -0.05) is 0 Å². The van der Waals surface area contributed by atoms with Crippen LogP contribution < -0.4 is 25.3 Å². The van der Waals surface area contributed by atoms with Crippen molar-refractivity contribution in [3.8, 4) is 17.2 Å². The third-order valence-electron chi connectivity index (χ3n) is 3.15. The molecule has 2 aromatic rings.